The summed E-state index contributed by atoms with van der Waals surface area (Å²) in [4.78, 5) is 15.9. The number of H-pyrrole nitrogens is 1. The van der Waals surface area contributed by atoms with E-state index in [2.05, 4.69) is 20.5 Å². The van der Waals surface area contributed by atoms with E-state index in [-0.39, 0.29) is 5.16 Å². The van der Waals surface area contributed by atoms with Crippen LogP contribution in [0.25, 0.3) is 0 Å². The maximum atomic E-state index is 12.3. The van der Waals surface area contributed by atoms with Gasteiger partial charge >= 0.3 is 0 Å². The van der Waals surface area contributed by atoms with Crippen molar-refractivity contribution in [1.82, 2.24) is 15.2 Å². The van der Waals surface area contributed by atoms with E-state index >= 15 is 0 Å². The third-order valence-electron chi connectivity index (χ3n) is 3.30. The highest BCUT2D eigenvalue weighted by Gasteiger charge is 2.33. The lowest BCUT2D eigenvalue weighted by Crippen LogP contribution is -2.33. The monoisotopic (exact) mass is 322 g/mol. The zero-order valence-corrected chi connectivity index (χ0v) is 13.4. The molecule has 2 rings (SSSR count). The highest BCUT2D eigenvalue weighted by Crippen LogP contribution is 2.15. The number of aromatic nitrogens is 3. The maximum absolute atomic E-state index is 12.3. The number of sulfone groups is 1. The van der Waals surface area contributed by atoms with Crippen molar-refractivity contribution in [3.8, 4) is 0 Å². The van der Waals surface area contributed by atoms with Crippen LogP contribution in [0.15, 0.2) is 29.4 Å². The van der Waals surface area contributed by atoms with Gasteiger partial charge in [0.15, 0.2) is 0 Å². The van der Waals surface area contributed by atoms with E-state index in [1.807, 2.05) is 19.1 Å². The number of amides is 1. The molecule has 0 bridgehead atoms. The molecule has 0 saturated carbocycles. The highest BCUT2D eigenvalue weighted by atomic mass is 32.2. The number of anilines is 1. The molecule has 1 aromatic carbocycles. The van der Waals surface area contributed by atoms with E-state index in [0.29, 0.717) is 11.5 Å². The summed E-state index contributed by atoms with van der Waals surface area (Å²) in [5.41, 5.74) is 1.69. The summed E-state index contributed by atoms with van der Waals surface area (Å²) >= 11 is 0. The Balaban J connectivity index is 2.14. The normalized spacial score (nSPS) is 12.9. The second-order valence-corrected chi connectivity index (χ2v) is 7.09. The predicted molar refractivity (Wildman–Crippen MR) is 82.2 cm³/mol. The van der Waals surface area contributed by atoms with E-state index in [1.54, 1.807) is 19.1 Å². The largest absolute Gasteiger partial charge is 0.325 e. The van der Waals surface area contributed by atoms with Crippen LogP contribution in [0.4, 0.5) is 5.69 Å². The molecule has 8 heteroatoms. The van der Waals surface area contributed by atoms with Crippen LogP contribution >= 0.6 is 0 Å². The lowest BCUT2D eigenvalue weighted by molar-refractivity contribution is -0.115. The lowest BCUT2D eigenvalue weighted by Gasteiger charge is -2.11. The number of carbonyl (C=O) groups excluding carboxylic acids is 1. The van der Waals surface area contributed by atoms with Crippen molar-refractivity contribution in [3.05, 3.63) is 35.7 Å². The fourth-order valence-electron chi connectivity index (χ4n) is 1.82. The SMILES string of the molecule is CCc1ccc(NC(=O)C(C)S(=O)(=O)c2n[nH]c(C)n2)cc1. The third-order valence-corrected chi connectivity index (χ3v) is 5.13. The van der Waals surface area contributed by atoms with Crippen LogP contribution in [0.3, 0.4) is 0 Å². The Morgan fingerprint density at radius 1 is 1.32 bits per heavy atom. The molecule has 0 aliphatic rings. The molecule has 1 unspecified atom stereocenters. The molecule has 22 heavy (non-hydrogen) atoms. The summed E-state index contributed by atoms with van der Waals surface area (Å²) in [6.45, 7) is 4.93. The molecule has 0 aliphatic carbocycles. The quantitative estimate of drug-likeness (QED) is 0.867. The molecule has 1 heterocycles. The van der Waals surface area contributed by atoms with E-state index in [0.717, 1.165) is 12.0 Å². The van der Waals surface area contributed by atoms with E-state index in [1.165, 1.54) is 6.92 Å². The summed E-state index contributed by atoms with van der Waals surface area (Å²) in [6.07, 6.45) is 0.892. The molecule has 1 aromatic heterocycles. The molecule has 0 radical (unpaired) electrons. The Morgan fingerprint density at radius 3 is 2.45 bits per heavy atom. The summed E-state index contributed by atoms with van der Waals surface area (Å²) in [5.74, 6) is -0.243. The van der Waals surface area contributed by atoms with Crippen molar-refractivity contribution in [1.29, 1.82) is 0 Å². The summed E-state index contributed by atoms with van der Waals surface area (Å²) in [5, 5.41) is 7.02. The minimum atomic E-state index is -3.92. The van der Waals surface area contributed by atoms with Gasteiger partial charge in [0.1, 0.15) is 11.1 Å². The van der Waals surface area contributed by atoms with Crippen molar-refractivity contribution in [2.24, 2.45) is 0 Å². The number of nitrogens with one attached hydrogen (secondary N) is 2. The summed E-state index contributed by atoms with van der Waals surface area (Å²) in [6, 6.07) is 7.25. The van der Waals surface area contributed by atoms with Gasteiger partial charge in [-0.25, -0.2) is 13.4 Å². The second-order valence-electron chi connectivity index (χ2n) is 4.93. The molecular formula is C14H18N4O3S. The molecule has 118 valence electrons. The van der Waals surface area contributed by atoms with Gasteiger partial charge in [-0.3, -0.25) is 9.89 Å². The van der Waals surface area contributed by atoms with Gasteiger partial charge in [-0.15, -0.1) is 5.10 Å². The van der Waals surface area contributed by atoms with Crippen LogP contribution < -0.4 is 5.32 Å². The number of carbonyl (C=O) groups is 1. The molecule has 0 fully saturated rings. The standard InChI is InChI=1S/C14H18N4O3S/c1-4-11-5-7-12(8-6-11)16-13(19)9(2)22(20,21)14-15-10(3)17-18-14/h5-9H,4H2,1-3H3,(H,16,19)(H,15,17,18). The predicted octanol–water partition coefficient (Wildman–Crippen LogP) is 1.48. The topological polar surface area (TPSA) is 105 Å². The molecule has 0 saturated heterocycles. The fourth-order valence-corrected chi connectivity index (χ4v) is 2.91. The first-order valence-electron chi connectivity index (χ1n) is 6.87. The number of hydrogen-bond donors (Lipinski definition) is 2. The number of hydrogen-bond acceptors (Lipinski definition) is 5. The van der Waals surface area contributed by atoms with Gasteiger partial charge in [-0.1, -0.05) is 19.1 Å². The van der Waals surface area contributed by atoms with Crippen molar-refractivity contribution in [3.63, 3.8) is 0 Å². The van der Waals surface area contributed by atoms with Crippen molar-refractivity contribution in [2.45, 2.75) is 37.6 Å². The molecule has 2 aromatic rings. The Kier molecular flexibility index (Phi) is 4.60. The average Bonchev–Trinajstić information content (AvgIpc) is 2.94. The number of aryl methyl sites for hydroxylation is 2. The van der Waals surface area contributed by atoms with E-state index in [4.69, 9.17) is 0 Å². The summed E-state index contributed by atoms with van der Waals surface area (Å²) in [7, 11) is -3.92. The minimum absolute atomic E-state index is 0.367. The summed E-state index contributed by atoms with van der Waals surface area (Å²) < 4.78 is 24.5. The van der Waals surface area contributed by atoms with Crippen LogP contribution in [-0.2, 0) is 21.1 Å². The maximum Gasteiger partial charge on any atom is 0.267 e. The molecule has 0 aliphatic heterocycles. The first-order valence-corrected chi connectivity index (χ1v) is 8.42. The Hall–Kier alpha value is -2.22. The fraction of sp³-hybridized carbons (Fsp3) is 0.357. The lowest BCUT2D eigenvalue weighted by atomic mass is 10.1. The first-order chi connectivity index (χ1) is 10.3. The molecule has 0 spiro atoms. The van der Waals surface area contributed by atoms with E-state index < -0.39 is 21.0 Å². The van der Waals surface area contributed by atoms with Gasteiger partial charge in [0.2, 0.25) is 15.7 Å². The van der Waals surface area contributed by atoms with Crippen molar-refractivity contribution in [2.75, 3.05) is 5.32 Å². The van der Waals surface area contributed by atoms with Gasteiger partial charge in [0.05, 0.1) is 0 Å². The van der Waals surface area contributed by atoms with Crippen molar-refractivity contribution < 1.29 is 13.2 Å². The molecule has 1 atom stereocenters. The highest BCUT2D eigenvalue weighted by molar-refractivity contribution is 7.92. The van der Waals surface area contributed by atoms with Gasteiger partial charge in [-0.05, 0) is 38.0 Å². The van der Waals surface area contributed by atoms with Gasteiger partial charge in [-0.2, -0.15) is 0 Å². The zero-order chi connectivity index (χ0) is 16.3. The zero-order valence-electron chi connectivity index (χ0n) is 12.6. The Morgan fingerprint density at radius 2 is 1.95 bits per heavy atom. The van der Waals surface area contributed by atoms with Crippen LogP contribution in [0.1, 0.15) is 25.2 Å². The van der Waals surface area contributed by atoms with Gasteiger partial charge in [0.25, 0.3) is 5.16 Å². The van der Waals surface area contributed by atoms with E-state index in [9.17, 15) is 13.2 Å². The smallest absolute Gasteiger partial charge is 0.267 e. The van der Waals surface area contributed by atoms with Crippen LogP contribution in [0, 0.1) is 6.92 Å². The van der Waals surface area contributed by atoms with Gasteiger partial charge < -0.3 is 5.32 Å². The number of aromatic amines is 1. The Labute approximate surface area is 129 Å². The molecule has 2 N–H and O–H groups in total. The van der Waals surface area contributed by atoms with Crippen LogP contribution in [0.2, 0.25) is 0 Å². The molecule has 7 nitrogen and oxygen atoms in total. The first kappa shape index (κ1) is 16.2. The minimum Gasteiger partial charge on any atom is -0.325 e. The second kappa shape index (κ2) is 6.27. The third kappa shape index (κ3) is 3.33. The number of nitrogens with zero attached hydrogens (tertiary/aromatic N) is 2. The van der Waals surface area contributed by atoms with Gasteiger partial charge in [0, 0.05) is 5.69 Å². The van der Waals surface area contributed by atoms with Crippen LogP contribution in [0.5, 0.6) is 0 Å². The van der Waals surface area contributed by atoms with Crippen molar-refractivity contribution >= 4 is 21.4 Å². The molecule has 1 amide bonds. The Bertz CT molecular complexity index is 766. The molecular weight excluding hydrogens is 304 g/mol. The van der Waals surface area contributed by atoms with Crippen LogP contribution in [-0.4, -0.2) is 34.8 Å². The number of rotatable bonds is 5. The number of benzene rings is 1. The average molecular weight is 322 g/mol.